The van der Waals surface area contributed by atoms with Crippen molar-refractivity contribution in [1.29, 1.82) is 0 Å². The Balaban J connectivity index is 1.78. The summed E-state index contributed by atoms with van der Waals surface area (Å²) in [5, 5.41) is 4.35. The number of ether oxygens (including phenoxy) is 1. The van der Waals surface area contributed by atoms with E-state index in [-0.39, 0.29) is 12.6 Å². The summed E-state index contributed by atoms with van der Waals surface area (Å²) in [6.45, 7) is 1.25. The lowest BCUT2D eigenvalue weighted by Crippen LogP contribution is -2.25. The maximum atomic E-state index is 11.9. The van der Waals surface area contributed by atoms with Gasteiger partial charge in [-0.25, -0.2) is 0 Å². The molecule has 0 aliphatic rings. The first kappa shape index (κ1) is 15.3. The molecule has 0 saturated carbocycles. The van der Waals surface area contributed by atoms with E-state index in [1.165, 1.54) is 15.0 Å². The Morgan fingerprint density at radius 3 is 2.75 bits per heavy atom. The third kappa shape index (κ3) is 4.47. The van der Waals surface area contributed by atoms with E-state index in [0.717, 1.165) is 0 Å². The van der Waals surface area contributed by atoms with Gasteiger partial charge in [-0.05, 0) is 24.4 Å². The summed E-state index contributed by atoms with van der Waals surface area (Å²) in [7, 11) is 0. The van der Waals surface area contributed by atoms with Gasteiger partial charge in [-0.3, -0.25) is 0 Å². The standard InChI is InChI=1S/C14H16F3NOS/c1-10(18-6-7-19-9-14(15,16)17)13-8-11-4-2-3-5-12(11)20-13/h2-5,8,10,18H,6-7,9H2,1H3. The van der Waals surface area contributed by atoms with Crippen molar-refractivity contribution in [2.45, 2.75) is 19.1 Å². The largest absolute Gasteiger partial charge is 0.411 e. The molecule has 1 N–H and O–H groups in total. The van der Waals surface area contributed by atoms with Crippen molar-refractivity contribution in [3.63, 3.8) is 0 Å². The molecule has 0 saturated heterocycles. The summed E-state index contributed by atoms with van der Waals surface area (Å²) in [4.78, 5) is 1.17. The van der Waals surface area contributed by atoms with Gasteiger partial charge in [0.2, 0.25) is 0 Å². The fourth-order valence-electron chi connectivity index (χ4n) is 1.85. The lowest BCUT2D eigenvalue weighted by molar-refractivity contribution is -0.173. The topological polar surface area (TPSA) is 21.3 Å². The highest BCUT2D eigenvalue weighted by Gasteiger charge is 2.27. The van der Waals surface area contributed by atoms with Crippen LogP contribution in [0.25, 0.3) is 10.1 Å². The van der Waals surface area contributed by atoms with Crippen LogP contribution < -0.4 is 5.32 Å². The highest BCUT2D eigenvalue weighted by Crippen LogP contribution is 2.29. The van der Waals surface area contributed by atoms with Gasteiger partial charge in [-0.2, -0.15) is 13.2 Å². The van der Waals surface area contributed by atoms with Crippen LogP contribution in [0, 0.1) is 0 Å². The molecule has 110 valence electrons. The van der Waals surface area contributed by atoms with E-state index >= 15 is 0 Å². The van der Waals surface area contributed by atoms with Gasteiger partial charge in [0.05, 0.1) is 6.61 Å². The first-order valence-electron chi connectivity index (χ1n) is 6.32. The summed E-state index contributed by atoms with van der Waals surface area (Å²) < 4.78 is 41.4. The number of rotatable bonds is 6. The van der Waals surface area contributed by atoms with Crippen molar-refractivity contribution in [2.75, 3.05) is 19.8 Å². The predicted octanol–water partition coefficient (Wildman–Crippen LogP) is 4.13. The Morgan fingerprint density at radius 1 is 1.30 bits per heavy atom. The zero-order valence-corrected chi connectivity index (χ0v) is 11.9. The average Bonchev–Trinajstić information content (AvgIpc) is 2.80. The number of thiophene rings is 1. The minimum absolute atomic E-state index is 0.0503. The van der Waals surface area contributed by atoms with Crippen molar-refractivity contribution in [3.05, 3.63) is 35.2 Å². The molecule has 1 aromatic heterocycles. The van der Waals surface area contributed by atoms with Crippen LogP contribution in [0.3, 0.4) is 0 Å². The molecule has 2 nitrogen and oxygen atoms in total. The number of hydrogen-bond acceptors (Lipinski definition) is 3. The highest BCUT2D eigenvalue weighted by molar-refractivity contribution is 7.19. The molecular weight excluding hydrogens is 287 g/mol. The summed E-state index contributed by atoms with van der Waals surface area (Å²) in [5.74, 6) is 0. The SMILES string of the molecule is CC(NCCOCC(F)(F)F)c1cc2ccccc2s1. The van der Waals surface area contributed by atoms with E-state index in [1.807, 2.05) is 19.1 Å². The summed E-state index contributed by atoms with van der Waals surface area (Å²) in [6.07, 6.45) is -4.25. The highest BCUT2D eigenvalue weighted by atomic mass is 32.1. The summed E-state index contributed by atoms with van der Waals surface area (Å²) in [6, 6.07) is 10.3. The summed E-state index contributed by atoms with van der Waals surface area (Å²) >= 11 is 1.69. The fourth-order valence-corrected chi connectivity index (χ4v) is 2.94. The van der Waals surface area contributed by atoms with E-state index in [0.29, 0.717) is 6.54 Å². The molecule has 0 aliphatic heterocycles. The predicted molar refractivity (Wildman–Crippen MR) is 75.1 cm³/mol. The lowest BCUT2D eigenvalue weighted by Gasteiger charge is -2.12. The Hall–Kier alpha value is -1.11. The second-order valence-corrected chi connectivity index (χ2v) is 5.65. The van der Waals surface area contributed by atoms with Crippen molar-refractivity contribution < 1.29 is 17.9 Å². The number of nitrogens with one attached hydrogen (secondary N) is 1. The van der Waals surface area contributed by atoms with Crippen LogP contribution in [0.5, 0.6) is 0 Å². The molecule has 0 fully saturated rings. The smallest absolute Gasteiger partial charge is 0.371 e. The van der Waals surface area contributed by atoms with Gasteiger partial charge in [-0.15, -0.1) is 11.3 Å². The van der Waals surface area contributed by atoms with Gasteiger partial charge in [0.15, 0.2) is 0 Å². The van der Waals surface area contributed by atoms with Crippen LogP contribution in [0.2, 0.25) is 0 Å². The van der Waals surface area contributed by atoms with Crippen LogP contribution in [0.4, 0.5) is 13.2 Å². The molecule has 2 aromatic rings. The second-order valence-electron chi connectivity index (χ2n) is 4.53. The maximum Gasteiger partial charge on any atom is 0.411 e. The normalized spacial score (nSPS) is 13.8. The minimum atomic E-state index is -4.25. The molecule has 1 unspecified atom stereocenters. The zero-order chi connectivity index (χ0) is 14.6. The van der Waals surface area contributed by atoms with Gasteiger partial charge < -0.3 is 10.1 Å². The third-order valence-electron chi connectivity index (χ3n) is 2.83. The van der Waals surface area contributed by atoms with Gasteiger partial charge >= 0.3 is 6.18 Å². The Kier molecular flexibility index (Phi) is 5.01. The monoisotopic (exact) mass is 303 g/mol. The molecule has 20 heavy (non-hydrogen) atoms. The number of halogens is 3. The lowest BCUT2D eigenvalue weighted by atomic mass is 10.2. The first-order chi connectivity index (χ1) is 9.46. The number of fused-ring (bicyclic) bond motifs is 1. The number of benzene rings is 1. The van der Waals surface area contributed by atoms with Crippen molar-refractivity contribution >= 4 is 21.4 Å². The Bertz CT molecular complexity index is 520. The molecule has 0 bridgehead atoms. The van der Waals surface area contributed by atoms with E-state index in [4.69, 9.17) is 0 Å². The van der Waals surface area contributed by atoms with Crippen molar-refractivity contribution in [1.82, 2.24) is 5.32 Å². The molecule has 2 rings (SSSR count). The molecule has 1 aromatic carbocycles. The maximum absolute atomic E-state index is 11.9. The van der Waals surface area contributed by atoms with Gasteiger partial charge in [0, 0.05) is 22.2 Å². The number of alkyl halides is 3. The molecular formula is C14H16F3NOS. The molecule has 1 atom stereocenters. The zero-order valence-electron chi connectivity index (χ0n) is 11.0. The van der Waals surface area contributed by atoms with E-state index in [2.05, 4.69) is 28.3 Å². The van der Waals surface area contributed by atoms with E-state index < -0.39 is 12.8 Å². The van der Waals surface area contributed by atoms with Crippen molar-refractivity contribution in [3.8, 4) is 0 Å². The van der Waals surface area contributed by atoms with Crippen LogP contribution in [0.15, 0.2) is 30.3 Å². The minimum Gasteiger partial charge on any atom is -0.371 e. The Labute approximate surface area is 119 Å². The van der Waals surface area contributed by atoms with Crippen LogP contribution in [-0.2, 0) is 4.74 Å². The van der Waals surface area contributed by atoms with Crippen molar-refractivity contribution in [2.24, 2.45) is 0 Å². The van der Waals surface area contributed by atoms with E-state index in [9.17, 15) is 13.2 Å². The third-order valence-corrected chi connectivity index (χ3v) is 4.13. The number of hydrogen-bond donors (Lipinski definition) is 1. The second kappa shape index (κ2) is 6.56. The summed E-state index contributed by atoms with van der Waals surface area (Å²) in [5.41, 5.74) is 0. The van der Waals surface area contributed by atoms with Crippen LogP contribution >= 0.6 is 11.3 Å². The van der Waals surface area contributed by atoms with E-state index in [1.54, 1.807) is 11.3 Å². The molecule has 6 heteroatoms. The first-order valence-corrected chi connectivity index (χ1v) is 7.14. The molecule has 1 heterocycles. The molecule has 0 spiro atoms. The van der Waals surface area contributed by atoms with Crippen LogP contribution in [0.1, 0.15) is 17.8 Å². The van der Waals surface area contributed by atoms with Crippen LogP contribution in [-0.4, -0.2) is 25.9 Å². The average molecular weight is 303 g/mol. The molecule has 0 radical (unpaired) electrons. The Morgan fingerprint density at radius 2 is 2.05 bits per heavy atom. The quantitative estimate of drug-likeness (QED) is 0.810. The molecule has 0 amide bonds. The van der Waals surface area contributed by atoms with Gasteiger partial charge in [0.25, 0.3) is 0 Å². The van der Waals surface area contributed by atoms with Gasteiger partial charge in [-0.1, -0.05) is 18.2 Å². The fraction of sp³-hybridized carbons (Fsp3) is 0.429. The van der Waals surface area contributed by atoms with Gasteiger partial charge in [0.1, 0.15) is 6.61 Å². The molecule has 0 aliphatic carbocycles.